The van der Waals surface area contributed by atoms with Gasteiger partial charge in [0, 0.05) is 18.2 Å². The lowest BCUT2D eigenvalue weighted by Gasteiger charge is -2.35. The van der Waals surface area contributed by atoms with Crippen molar-refractivity contribution >= 4 is 11.6 Å². The van der Waals surface area contributed by atoms with Gasteiger partial charge in [0.25, 0.3) is 12.3 Å². The molecular weight excluding hydrogens is 374 g/mol. The van der Waals surface area contributed by atoms with Crippen LogP contribution in [0.15, 0.2) is 36.5 Å². The van der Waals surface area contributed by atoms with Crippen molar-refractivity contribution in [2.75, 3.05) is 6.54 Å². The molecule has 1 fully saturated rings. The van der Waals surface area contributed by atoms with E-state index in [0.29, 0.717) is 12.2 Å². The molecule has 0 unspecified atom stereocenters. The average molecular weight is 398 g/mol. The van der Waals surface area contributed by atoms with Gasteiger partial charge in [-0.1, -0.05) is 36.8 Å². The lowest BCUT2D eigenvalue weighted by Crippen LogP contribution is -2.43. The summed E-state index contributed by atoms with van der Waals surface area (Å²) in [6.45, 7) is 4.70. The van der Waals surface area contributed by atoms with Crippen molar-refractivity contribution in [3.8, 4) is 11.3 Å². The number of likely N-dealkylation sites (tertiary alicyclic amines) is 1. The molecule has 0 saturated carbocycles. The fourth-order valence-electron chi connectivity index (χ4n) is 4.01. The van der Waals surface area contributed by atoms with Crippen LogP contribution >= 0.6 is 0 Å². The zero-order chi connectivity index (χ0) is 20.5. The fourth-order valence-corrected chi connectivity index (χ4v) is 4.01. The number of rotatable bonds is 4. The quantitative estimate of drug-likeness (QED) is 0.618. The molecule has 4 rings (SSSR count). The number of fused-ring (bicyclic) bond motifs is 1. The number of halogens is 2. The molecule has 1 aromatic carbocycles. The zero-order valence-corrected chi connectivity index (χ0v) is 16.6. The summed E-state index contributed by atoms with van der Waals surface area (Å²) in [7, 11) is 0. The molecular formula is C22H24F2N4O. The first-order valence-electron chi connectivity index (χ1n) is 10.0. The van der Waals surface area contributed by atoms with Crippen LogP contribution in [0.3, 0.4) is 0 Å². The maximum atomic E-state index is 13.8. The van der Waals surface area contributed by atoms with Crippen molar-refractivity contribution in [2.24, 2.45) is 0 Å². The van der Waals surface area contributed by atoms with E-state index in [1.165, 1.54) is 12.3 Å². The monoisotopic (exact) mass is 398 g/mol. The minimum Gasteiger partial charge on any atom is -0.336 e. The molecule has 0 aliphatic carbocycles. The lowest BCUT2D eigenvalue weighted by molar-refractivity contribution is 0.0609. The van der Waals surface area contributed by atoms with Crippen LogP contribution in [0.2, 0.25) is 0 Å². The summed E-state index contributed by atoms with van der Waals surface area (Å²) < 4.78 is 28.6. The number of aryl methyl sites for hydroxylation is 1. The van der Waals surface area contributed by atoms with E-state index in [1.807, 2.05) is 36.1 Å². The van der Waals surface area contributed by atoms with E-state index in [1.54, 1.807) is 0 Å². The molecule has 3 heterocycles. The normalized spacial score (nSPS) is 17.3. The molecule has 1 atom stereocenters. The highest BCUT2D eigenvalue weighted by Crippen LogP contribution is 2.28. The lowest BCUT2D eigenvalue weighted by atomic mass is 9.99. The highest BCUT2D eigenvalue weighted by molar-refractivity contribution is 6.00. The fraction of sp³-hybridized carbons (Fsp3) is 0.409. The first-order valence-corrected chi connectivity index (χ1v) is 10.0. The molecule has 1 saturated heterocycles. The number of amides is 1. The second-order valence-electron chi connectivity index (χ2n) is 7.58. The molecule has 0 bridgehead atoms. The highest BCUT2D eigenvalue weighted by atomic mass is 19.3. The molecule has 1 aliphatic rings. The Hall–Kier alpha value is -2.83. The number of alkyl halides is 2. The van der Waals surface area contributed by atoms with Gasteiger partial charge in [-0.3, -0.25) is 4.79 Å². The number of hydrogen-bond donors (Lipinski definition) is 0. The number of carbonyl (C=O) groups is 1. The maximum absolute atomic E-state index is 13.8. The summed E-state index contributed by atoms with van der Waals surface area (Å²) in [5.41, 5.74) is 2.40. The first kappa shape index (κ1) is 19.5. The topological polar surface area (TPSA) is 50.5 Å². The standard InChI is InChI=1S/C22H24F2N4O/c1-3-16-6-4-5-11-27(16)22(29)17-13-25-28-19(20(23)24)12-18(26-21(17)28)15-9-7-14(2)8-10-15/h7-10,12-13,16,20H,3-6,11H2,1-2H3/t16-/m1/s1. The molecule has 7 heteroatoms. The molecule has 152 valence electrons. The van der Waals surface area contributed by atoms with Gasteiger partial charge in [-0.25, -0.2) is 18.3 Å². The average Bonchev–Trinajstić information content (AvgIpc) is 3.16. The maximum Gasteiger partial charge on any atom is 0.280 e. The number of benzene rings is 1. The van der Waals surface area contributed by atoms with Gasteiger partial charge in [0.2, 0.25) is 0 Å². The van der Waals surface area contributed by atoms with Gasteiger partial charge in [-0.05, 0) is 38.7 Å². The Bertz CT molecular complexity index is 1030. The van der Waals surface area contributed by atoms with Gasteiger partial charge in [0.15, 0.2) is 5.65 Å². The van der Waals surface area contributed by atoms with E-state index in [2.05, 4.69) is 17.0 Å². The summed E-state index contributed by atoms with van der Waals surface area (Å²) >= 11 is 0. The molecule has 29 heavy (non-hydrogen) atoms. The smallest absolute Gasteiger partial charge is 0.280 e. The summed E-state index contributed by atoms with van der Waals surface area (Å²) in [4.78, 5) is 19.7. The van der Waals surface area contributed by atoms with Crippen molar-refractivity contribution < 1.29 is 13.6 Å². The van der Waals surface area contributed by atoms with Crippen LogP contribution in [0.1, 0.15) is 60.6 Å². The van der Waals surface area contributed by atoms with E-state index in [4.69, 9.17) is 0 Å². The Balaban J connectivity index is 1.83. The number of aromatic nitrogens is 3. The van der Waals surface area contributed by atoms with Gasteiger partial charge in [-0.2, -0.15) is 5.10 Å². The van der Waals surface area contributed by atoms with E-state index >= 15 is 0 Å². The largest absolute Gasteiger partial charge is 0.336 e. The van der Waals surface area contributed by atoms with Gasteiger partial charge in [0.05, 0.1) is 11.9 Å². The summed E-state index contributed by atoms with van der Waals surface area (Å²) in [5.74, 6) is -0.180. The van der Waals surface area contributed by atoms with E-state index in [9.17, 15) is 13.6 Å². The molecule has 2 aromatic heterocycles. The Kier molecular flexibility index (Phi) is 5.30. The third-order valence-corrected chi connectivity index (χ3v) is 5.66. The minimum atomic E-state index is -2.73. The SMILES string of the molecule is CC[C@@H]1CCCCN1C(=O)c1cnn2c(C(F)F)cc(-c3ccc(C)cc3)nc12. The van der Waals surface area contributed by atoms with E-state index < -0.39 is 6.43 Å². The Labute approximate surface area is 168 Å². The predicted molar refractivity (Wildman–Crippen MR) is 107 cm³/mol. The summed E-state index contributed by atoms with van der Waals surface area (Å²) in [6.07, 6.45) is 2.53. The Morgan fingerprint density at radius 3 is 2.69 bits per heavy atom. The highest BCUT2D eigenvalue weighted by Gasteiger charge is 2.29. The molecule has 0 spiro atoms. The predicted octanol–water partition coefficient (Wildman–Crippen LogP) is 5.05. The molecule has 0 radical (unpaired) electrons. The van der Waals surface area contributed by atoms with Crippen LogP contribution < -0.4 is 0 Å². The molecule has 5 nitrogen and oxygen atoms in total. The second kappa shape index (κ2) is 7.89. The summed E-state index contributed by atoms with van der Waals surface area (Å²) in [6, 6.07) is 9.02. The third kappa shape index (κ3) is 3.61. The van der Waals surface area contributed by atoms with Gasteiger partial charge >= 0.3 is 0 Å². The molecule has 1 amide bonds. The molecule has 3 aromatic rings. The zero-order valence-electron chi connectivity index (χ0n) is 16.6. The number of hydrogen-bond acceptors (Lipinski definition) is 3. The van der Waals surface area contributed by atoms with Crippen molar-refractivity contribution in [3.05, 3.63) is 53.3 Å². The third-order valence-electron chi connectivity index (χ3n) is 5.66. The van der Waals surface area contributed by atoms with Crippen molar-refractivity contribution in [1.82, 2.24) is 19.5 Å². The van der Waals surface area contributed by atoms with Crippen LogP contribution in [0.4, 0.5) is 8.78 Å². The summed E-state index contributed by atoms with van der Waals surface area (Å²) in [5, 5.41) is 4.08. The van der Waals surface area contributed by atoms with Crippen LogP contribution in [0.25, 0.3) is 16.9 Å². The molecule has 1 aliphatic heterocycles. The minimum absolute atomic E-state index is 0.168. The second-order valence-corrected chi connectivity index (χ2v) is 7.58. The number of carbonyl (C=O) groups excluding carboxylic acids is 1. The van der Waals surface area contributed by atoms with Crippen LogP contribution in [0, 0.1) is 6.92 Å². The Morgan fingerprint density at radius 1 is 1.24 bits per heavy atom. The first-order chi connectivity index (χ1) is 14.0. The number of nitrogens with zero attached hydrogens (tertiary/aromatic N) is 4. The van der Waals surface area contributed by atoms with Crippen molar-refractivity contribution in [1.29, 1.82) is 0 Å². The van der Waals surface area contributed by atoms with Crippen LogP contribution in [-0.4, -0.2) is 38.0 Å². The van der Waals surface area contributed by atoms with Crippen LogP contribution in [-0.2, 0) is 0 Å². The van der Waals surface area contributed by atoms with Crippen LogP contribution in [0.5, 0.6) is 0 Å². The van der Waals surface area contributed by atoms with Gasteiger partial charge in [-0.15, -0.1) is 0 Å². The van der Waals surface area contributed by atoms with Gasteiger partial charge in [0.1, 0.15) is 11.3 Å². The van der Waals surface area contributed by atoms with Crippen molar-refractivity contribution in [3.63, 3.8) is 0 Å². The Morgan fingerprint density at radius 2 is 2.00 bits per heavy atom. The van der Waals surface area contributed by atoms with E-state index in [0.717, 1.165) is 41.3 Å². The van der Waals surface area contributed by atoms with Gasteiger partial charge < -0.3 is 4.90 Å². The van der Waals surface area contributed by atoms with E-state index in [-0.39, 0.29) is 28.9 Å². The number of piperidine rings is 1. The molecule has 0 N–H and O–H groups in total. The van der Waals surface area contributed by atoms with Crippen molar-refractivity contribution in [2.45, 2.75) is 52.0 Å².